The van der Waals surface area contributed by atoms with Gasteiger partial charge in [-0.05, 0) is 31.0 Å². The third-order valence-electron chi connectivity index (χ3n) is 5.49. The van der Waals surface area contributed by atoms with Gasteiger partial charge < -0.3 is 14.8 Å². The second-order valence-electron chi connectivity index (χ2n) is 8.10. The second-order valence-corrected chi connectivity index (χ2v) is 8.10. The molecule has 2 aliphatic heterocycles. The van der Waals surface area contributed by atoms with Crippen molar-refractivity contribution in [2.75, 3.05) is 44.8 Å². The molecule has 2 saturated heterocycles. The van der Waals surface area contributed by atoms with Crippen LogP contribution >= 0.6 is 0 Å². The molecule has 1 aromatic heterocycles. The molecular weight excluding hydrogens is 340 g/mol. The van der Waals surface area contributed by atoms with Crippen LogP contribution in [0.1, 0.15) is 17.5 Å². The van der Waals surface area contributed by atoms with E-state index in [-0.39, 0.29) is 5.60 Å². The average molecular weight is 370 g/mol. The molecule has 146 valence electrons. The predicted octanol–water partition coefficient (Wildman–Crippen LogP) is 2.45. The second kappa shape index (κ2) is 8.00. The Morgan fingerprint density at radius 3 is 3.11 bits per heavy atom. The first-order valence-electron chi connectivity index (χ1n) is 9.82. The van der Waals surface area contributed by atoms with Crippen LogP contribution in [-0.2, 0) is 23.1 Å². The topological polar surface area (TPSA) is 51.5 Å². The Hall–Kier alpha value is -1.89. The first-order chi connectivity index (χ1) is 13.1. The number of aryl methyl sites for hydroxylation is 2. The molecule has 27 heavy (non-hydrogen) atoms. The Balaban J connectivity index is 1.34. The Morgan fingerprint density at radius 1 is 1.37 bits per heavy atom. The van der Waals surface area contributed by atoms with Crippen molar-refractivity contribution < 1.29 is 9.47 Å². The maximum Gasteiger partial charge on any atom is 0.104 e. The van der Waals surface area contributed by atoms with Crippen LogP contribution in [0.5, 0.6) is 0 Å². The van der Waals surface area contributed by atoms with E-state index in [1.54, 1.807) is 0 Å². The molecule has 0 radical (unpaired) electrons. The lowest BCUT2D eigenvalue weighted by molar-refractivity contribution is -0.0562. The van der Waals surface area contributed by atoms with E-state index in [0.29, 0.717) is 12.5 Å². The van der Waals surface area contributed by atoms with Crippen molar-refractivity contribution in [2.45, 2.75) is 25.5 Å². The highest BCUT2D eigenvalue weighted by molar-refractivity contribution is 5.45. The quantitative estimate of drug-likeness (QED) is 0.876. The van der Waals surface area contributed by atoms with Gasteiger partial charge in [-0.3, -0.25) is 9.58 Å². The lowest BCUT2D eigenvalue weighted by atomic mass is 9.94. The maximum atomic E-state index is 6.33. The Labute approximate surface area is 161 Å². The lowest BCUT2D eigenvalue weighted by Gasteiger charge is -2.31. The summed E-state index contributed by atoms with van der Waals surface area (Å²) in [5, 5.41) is 7.86. The van der Waals surface area contributed by atoms with Gasteiger partial charge in [0.25, 0.3) is 0 Å². The number of nitrogens with zero attached hydrogens (tertiary/aromatic N) is 3. The number of nitrogens with one attached hydrogen (secondary N) is 1. The summed E-state index contributed by atoms with van der Waals surface area (Å²) in [6.45, 7) is 8.06. The summed E-state index contributed by atoms with van der Waals surface area (Å²) in [6, 6.07) is 8.54. The van der Waals surface area contributed by atoms with Crippen LogP contribution in [-0.4, -0.2) is 59.7 Å². The first-order valence-corrected chi connectivity index (χ1v) is 9.82. The van der Waals surface area contributed by atoms with Gasteiger partial charge in [0.2, 0.25) is 0 Å². The highest BCUT2D eigenvalue weighted by atomic mass is 16.5. The number of aromatic nitrogens is 2. The SMILES string of the molecule is Cc1cccc(NCC2COC3(COCCN(Cc4cnn(C)c4)C3)C2)c1. The summed E-state index contributed by atoms with van der Waals surface area (Å²) in [5.41, 5.74) is 3.52. The highest BCUT2D eigenvalue weighted by Gasteiger charge is 2.43. The summed E-state index contributed by atoms with van der Waals surface area (Å²) < 4.78 is 14.1. The Morgan fingerprint density at radius 2 is 2.30 bits per heavy atom. The fourth-order valence-corrected chi connectivity index (χ4v) is 4.23. The summed E-state index contributed by atoms with van der Waals surface area (Å²) in [5.74, 6) is 0.507. The molecule has 1 aromatic carbocycles. The van der Waals surface area contributed by atoms with Gasteiger partial charge in [0.05, 0.1) is 26.0 Å². The summed E-state index contributed by atoms with van der Waals surface area (Å²) in [7, 11) is 1.96. The highest BCUT2D eigenvalue weighted by Crippen LogP contribution is 2.33. The van der Waals surface area contributed by atoms with E-state index < -0.39 is 0 Å². The van der Waals surface area contributed by atoms with Gasteiger partial charge in [0.1, 0.15) is 5.60 Å². The van der Waals surface area contributed by atoms with E-state index in [1.807, 2.05) is 17.9 Å². The number of hydrogen-bond acceptors (Lipinski definition) is 5. The molecule has 2 atom stereocenters. The van der Waals surface area contributed by atoms with Crippen molar-refractivity contribution in [3.63, 3.8) is 0 Å². The van der Waals surface area contributed by atoms with Crippen LogP contribution in [0.3, 0.4) is 0 Å². The van der Waals surface area contributed by atoms with E-state index in [0.717, 1.165) is 45.8 Å². The minimum absolute atomic E-state index is 0.183. The van der Waals surface area contributed by atoms with Gasteiger partial charge in [-0.15, -0.1) is 0 Å². The zero-order chi connectivity index (χ0) is 18.7. The molecule has 3 heterocycles. The van der Waals surface area contributed by atoms with Crippen LogP contribution in [0.4, 0.5) is 5.69 Å². The van der Waals surface area contributed by atoms with Gasteiger partial charge in [-0.1, -0.05) is 12.1 Å². The van der Waals surface area contributed by atoms with Gasteiger partial charge >= 0.3 is 0 Å². The molecule has 2 aromatic rings. The molecule has 2 fully saturated rings. The van der Waals surface area contributed by atoms with Gasteiger partial charge in [0, 0.05) is 56.6 Å². The molecule has 4 rings (SSSR count). The third kappa shape index (κ3) is 4.69. The number of ether oxygens (including phenoxy) is 2. The fourth-order valence-electron chi connectivity index (χ4n) is 4.23. The van der Waals surface area contributed by atoms with Crippen molar-refractivity contribution in [3.05, 3.63) is 47.8 Å². The molecule has 2 unspecified atom stereocenters. The summed E-state index contributed by atoms with van der Waals surface area (Å²) >= 11 is 0. The predicted molar refractivity (Wildman–Crippen MR) is 106 cm³/mol. The van der Waals surface area contributed by atoms with E-state index in [2.05, 4.69) is 52.7 Å². The van der Waals surface area contributed by atoms with Crippen LogP contribution in [0.25, 0.3) is 0 Å². The van der Waals surface area contributed by atoms with E-state index in [4.69, 9.17) is 9.47 Å². The number of benzene rings is 1. The molecule has 2 aliphatic rings. The zero-order valence-electron chi connectivity index (χ0n) is 16.4. The first kappa shape index (κ1) is 18.5. The maximum absolute atomic E-state index is 6.33. The molecule has 1 spiro atoms. The van der Waals surface area contributed by atoms with Crippen molar-refractivity contribution >= 4 is 5.69 Å². The molecule has 6 heteroatoms. The summed E-state index contributed by atoms with van der Waals surface area (Å²) in [4.78, 5) is 2.44. The molecule has 0 amide bonds. The molecule has 0 aliphatic carbocycles. The van der Waals surface area contributed by atoms with Crippen LogP contribution in [0.15, 0.2) is 36.7 Å². The van der Waals surface area contributed by atoms with Crippen LogP contribution < -0.4 is 5.32 Å². The third-order valence-corrected chi connectivity index (χ3v) is 5.49. The molecule has 0 saturated carbocycles. The van der Waals surface area contributed by atoms with Crippen molar-refractivity contribution in [1.29, 1.82) is 0 Å². The largest absolute Gasteiger partial charge is 0.385 e. The van der Waals surface area contributed by atoms with Gasteiger partial charge in [-0.25, -0.2) is 0 Å². The zero-order valence-corrected chi connectivity index (χ0v) is 16.4. The van der Waals surface area contributed by atoms with E-state index in [1.165, 1.54) is 16.8 Å². The molecule has 6 nitrogen and oxygen atoms in total. The van der Waals surface area contributed by atoms with Crippen LogP contribution in [0, 0.1) is 12.8 Å². The van der Waals surface area contributed by atoms with E-state index >= 15 is 0 Å². The Bertz CT molecular complexity index is 762. The lowest BCUT2D eigenvalue weighted by Crippen LogP contribution is -2.43. The normalized spacial score (nSPS) is 26.4. The molecule has 1 N–H and O–H groups in total. The number of rotatable bonds is 5. The monoisotopic (exact) mass is 370 g/mol. The van der Waals surface area contributed by atoms with Crippen molar-refractivity contribution in [3.8, 4) is 0 Å². The minimum Gasteiger partial charge on any atom is -0.385 e. The average Bonchev–Trinajstić information content (AvgIpc) is 3.17. The van der Waals surface area contributed by atoms with Crippen molar-refractivity contribution in [2.24, 2.45) is 13.0 Å². The molecular formula is C21H30N4O2. The summed E-state index contributed by atoms with van der Waals surface area (Å²) in [6.07, 6.45) is 5.07. The fraction of sp³-hybridized carbons (Fsp3) is 0.571. The van der Waals surface area contributed by atoms with Crippen molar-refractivity contribution in [1.82, 2.24) is 14.7 Å². The number of hydrogen-bond donors (Lipinski definition) is 1. The molecule has 0 bridgehead atoms. The van der Waals surface area contributed by atoms with Crippen LogP contribution in [0.2, 0.25) is 0 Å². The standard InChI is InChI=1S/C21H30N4O2/c1-17-4-3-5-20(8-17)22-10-18-9-21(27-14-18)15-25(6-7-26-16-21)13-19-11-23-24(2)12-19/h3-5,8,11-12,18,22H,6-7,9-10,13-16H2,1-2H3. The Kier molecular flexibility index (Phi) is 5.48. The minimum atomic E-state index is -0.183. The van der Waals surface area contributed by atoms with Gasteiger partial charge in [-0.2, -0.15) is 5.10 Å². The number of anilines is 1. The smallest absolute Gasteiger partial charge is 0.104 e. The van der Waals surface area contributed by atoms with Gasteiger partial charge in [0.15, 0.2) is 0 Å². The van der Waals surface area contributed by atoms with E-state index in [9.17, 15) is 0 Å².